The van der Waals surface area contributed by atoms with Crippen molar-refractivity contribution in [3.63, 3.8) is 0 Å². The molecule has 0 bridgehead atoms. The summed E-state index contributed by atoms with van der Waals surface area (Å²) in [6.07, 6.45) is 0.294. The van der Waals surface area contributed by atoms with Crippen LogP contribution in [0.5, 0.6) is 5.75 Å². The Morgan fingerprint density at radius 3 is 2.70 bits per heavy atom. The van der Waals surface area contributed by atoms with E-state index in [0.717, 1.165) is 27.7 Å². The van der Waals surface area contributed by atoms with Gasteiger partial charge in [-0.3, -0.25) is 9.79 Å². The number of thioether (sulfide) groups is 1. The maximum atomic E-state index is 12.2. The lowest BCUT2D eigenvalue weighted by Crippen LogP contribution is -2.24. The number of anilines is 1. The van der Waals surface area contributed by atoms with Crippen LogP contribution in [0.1, 0.15) is 11.1 Å². The highest BCUT2D eigenvalue weighted by Crippen LogP contribution is 2.34. The zero-order valence-electron chi connectivity index (χ0n) is 16.5. The number of ether oxygens (including phenoxy) is 1. The molecule has 0 aromatic heterocycles. The Morgan fingerprint density at radius 2 is 1.97 bits per heavy atom. The number of hydrogen-bond acceptors (Lipinski definition) is 7. The first-order chi connectivity index (χ1) is 14.4. The van der Waals surface area contributed by atoms with Gasteiger partial charge in [0.05, 0.1) is 31.1 Å². The summed E-state index contributed by atoms with van der Waals surface area (Å²) in [4.78, 5) is 16.7. The number of methoxy groups -OCH3 is 1. The van der Waals surface area contributed by atoms with E-state index in [1.54, 1.807) is 7.11 Å². The van der Waals surface area contributed by atoms with Crippen molar-refractivity contribution in [3.05, 3.63) is 59.7 Å². The van der Waals surface area contributed by atoms with Gasteiger partial charge in [0, 0.05) is 17.5 Å². The average Bonchev–Trinajstić information content (AvgIpc) is 3.20. The van der Waals surface area contributed by atoms with Crippen LogP contribution in [0.15, 0.2) is 53.5 Å². The number of nitrogens with zero attached hydrogens (tertiary/aromatic N) is 1. The molecule has 158 valence electrons. The summed E-state index contributed by atoms with van der Waals surface area (Å²) in [5.41, 5.74) is 2.76. The fourth-order valence-corrected chi connectivity index (χ4v) is 7.15. The van der Waals surface area contributed by atoms with Crippen molar-refractivity contribution in [2.24, 2.45) is 4.99 Å². The van der Waals surface area contributed by atoms with Crippen LogP contribution < -0.4 is 15.4 Å². The van der Waals surface area contributed by atoms with Crippen LogP contribution >= 0.6 is 11.8 Å². The van der Waals surface area contributed by atoms with Crippen LogP contribution in [0, 0.1) is 0 Å². The smallest absolute Gasteiger partial charge is 0.224 e. The number of carbonyl (C=O) groups excluding carboxylic acids is 1. The second-order valence-electron chi connectivity index (χ2n) is 7.36. The third-order valence-electron chi connectivity index (χ3n) is 5.01. The molecule has 1 amide bonds. The molecular formula is C21H23N3O4S2. The van der Waals surface area contributed by atoms with E-state index in [9.17, 15) is 13.2 Å². The second kappa shape index (κ2) is 8.69. The average molecular weight is 446 g/mol. The SMILES string of the molecule is COc1cccc(CNC(=O)Cc2ccc(NC3=N[C@H]4CS(=O)(=O)C[C@@H]4S3)cc2)c1. The van der Waals surface area contributed by atoms with E-state index < -0.39 is 9.84 Å². The topological polar surface area (TPSA) is 96.9 Å². The maximum Gasteiger partial charge on any atom is 0.224 e. The van der Waals surface area contributed by atoms with Crippen molar-refractivity contribution in [1.82, 2.24) is 5.32 Å². The van der Waals surface area contributed by atoms with Gasteiger partial charge in [-0.05, 0) is 35.4 Å². The van der Waals surface area contributed by atoms with Crippen LogP contribution in [-0.2, 0) is 27.6 Å². The first-order valence-corrected chi connectivity index (χ1v) is 12.3. The Hall–Kier alpha value is -2.52. The molecule has 2 aromatic rings. The van der Waals surface area contributed by atoms with E-state index in [1.807, 2.05) is 48.5 Å². The number of amides is 1. The lowest BCUT2D eigenvalue weighted by atomic mass is 10.1. The van der Waals surface area contributed by atoms with Gasteiger partial charge in [0.2, 0.25) is 5.91 Å². The molecule has 4 rings (SSSR count). The number of carbonyl (C=O) groups is 1. The van der Waals surface area contributed by atoms with Gasteiger partial charge in [-0.25, -0.2) is 8.42 Å². The summed E-state index contributed by atoms with van der Waals surface area (Å²) in [5.74, 6) is 1.05. The van der Waals surface area contributed by atoms with Gasteiger partial charge in [0.25, 0.3) is 0 Å². The minimum atomic E-state index is -2.94. The summed E-state index contributed by atoms with van der Waals surface area (Å²) in [5, 5.41) is 6.93. The number of fused-ring (bicyclic) bond motifs is 1. The van der Waals surface area contributed by atoms with Crippen molar-refractivity contribution < 1.29 is 17.9 Å². The van der Waals surface area contributed by atoms with E-state index >= 15 is 0 Å². The van der Waals surface area contributed by atoms with Gasteiger partial charge in [-0.2, -0.15) is 0 Å². The van der Waals surface area contributed by atoms with Gasteiger partial charge in [0.1, 0.15) is 5.75 Å². The Bertz CT molecular complexity index is 1070. The largest absolute Gasteiger partial charge is 0.497 e. The van der Waals surface area contributed by atoms with Crippen LogP contribution in [0.2, 0.25) is 0 Å². The van der Waals surface area contributed by atoms with E-state index in [-0.39, 0.29) is 28.7 Å². The van der Waals surface area contributed by atoms with Crippen molar-refractivity contribution in [2.45, 2.75) is 24.3 Å². The van der Waals surface area contributed by atoms with Crippen molar-refractivity contribution in [1.29, 1.82) is 0 Å². The lowest BCUT2D eigenvalue weighted by Gasteiger charge is -2.09. The Labute approximate surface area is 180 Å². The predicted molar refractivity (Wildman–Crippen MR) is 120 cm³/mol. The summed E-state index contributed by atoms with van der Waals surface area (Å²) in [6, 6.07) is 15.1. The van der Waals surface area contributed by atoms with Crippen LogP contribution in [0.4, 0.5) is 5.69 Å². The number of amidine groups is 1. The molecule has 2 aromatic carbocycles. The molecule has 1 saturated heterocycles. The third-order valence-corrected chi connectivity index (χ3v) is 8.15. The summed E-state index contributed by atoms with van der Waals surface area (Å²) >= 11 is 1.49. The third kappa shape index (κ3) is 5.14. The van der Waals surface area contributed by atoms with E-state index in [1.165, 1.54) is 11.8 Å². The van der Waals surface area contributed by atoms with Gasteiger partial charge in [0.15, 0.2) is 15.0 Å². The molecule has 0 saturated carbocycles. The van der Waals surface area contributed by atoms with Gasteiger partial charge < -0.3 is 15.4 Å². The summed E-state index contributed by atoms with van der Waals surface area (Å²) < 4.78 is 28.5. The van der Waals surface area contributed by atoms with Crippen LogP contribution in [0.3, 0.4) is 0 Å². The summed E-state index contributed by atoms with van der Waals surface area (Å²) in [6.45, 7) is 0.449. The van der Waals surface area contributed by atoms with Crippen molar-refractivity contribution >= 4 is 38.4 Å². The lowest BCUT2D eigenvalue weighted by molar-refractivity contribution is -0.120. The number of sulfone groups is 1. The van der Waals surface area contributed by atoms with Crippen LogP contribution in [0.25, 0.3) is 0 Å². The second-order valence-corrected chi connectivity index (χ2v) is 10.7. The zero-order valence-corrected chi connectivity index (χ0v) is 18.1. The number of nitrogens with one attached hydrogen (secondary N) is 2. The highest BCUT2D eigenvalue weighted by molar-refractivity contribution is 8.15. The monoisotopic (exact) mass is 445 g/mol. The van der Waals surface area contributed by atoms with E-state index in [2.05, 4.69) is 15.6 Å². The van der Waals surface area contributed by atoms with Crippen molar-refractivity contribution in [2.75, 3.05) is 23.9 Å². The first-order valence-electron chi connectivity index (χ1n) is 9.61. The molecule has 0 unspecified atom stereocenters. The molecule has 2 heterocycles. The van der Waals surface area contributed by atoms with Gasteiger partial charge >= 0.3 is 0 Å². The molecule has 9 heteroatoms. The fraction of sp³-hybridized carbons (Fsp3) is 0.333. The molecule has 0 spiro atoms. The Balaban J connectivity index is 1.27. The number of aliphatic imine (C=N–C) groups is 1. The maximum absolute atomic E-state index is 12.2. The zero-order chi connectivity index (χ0) is 21.1. The molecule has 0 aliphatic carbocycles. The number of rotatable bonds is 6. The Morgan fingerprint density at radius 1 is 1.17 bits per heavy atom. The molecule has 2 aliphatic rings. The number of hydrogen-bond donors (Lipinski definition) is 2. The van der Waals surface area contributed by atoms with Gasteiger partial charge in [-0.15, -0.1) is 0 Å². The van der Waals surface area contributed by atoms with E-state index in [4.69, 9.17) is 4.74 Å². The predicted octanol–water partition coefficient (Wildman–Crippen LogP) is 2.23. The molecule has 7 nitrogen and oxygen atoms in total. The van der Waals surface area contributed by atoms with E-state index in [0.29, 0.717) is 13.0 Å². The van der Waals surface area contributed by atoms with Crippen LogP contribution in [-0.4, -0.2) is 49.4 Å². The standard InChI is InChI=1S/C21H23N3O4S2/c1-28-17-4-2-3-15(9-17)11-22-20(25)10-14-5-7-16(8-6-14)23-21-24-18-12-30(26,27)13-19(18)29-21/h2-9,18-19H,10-13H2,1H3,(H,22,25)(H,23,24)/t18-,19-/m0/s1. The highest BCUT2D eigenvalue weighted by Gasteiger charge is 2.42. The minimum absolute atomic E-state index is 0.0186. The molecule has 30 heavy (non-hydrogen) atoms. The first kappa shape index (κ1) is 20.7. The fourth-order valence-electron chi connectivity index (χ4n) is 3.48. The quantitative estimate of drug-likeness (QED) is 0.708. The number of benzene rings is 2. The highest BCUT2D eigenvalue weighted by atomic mass is 32.2. The molecule has 2 aliphatic heterocycles. The molecule has 2 N–H and O–H groups in total. The van der Waals surface area contributed by atoms with Crippen molar-refractivity contribution in [3.8, 4) is 5.75 Å². The van der Waals surface area contributed by atoms with Gasteiger partial charge in [-0.1, -0.05) is 36.0 Å². The molecule has 1 fully saturated rings. The normalized spacial score (nSPS) is 21.6. The summed E-state index contributed by atoms with van der Waals surface area (Å²) in [7, 11) is -1.33. The molecule has 0 radical (unpaired) electrons. The Kier molecular flexibility index (Phi) is 6.01. The molecule has 2 atom stereocenters. The minimum Gasteiger partial charge on any atom is -0.497 e. The molecular weight excluding hydrogens is 422 g/mol.